The highest BCUT2D eigenvalue weighted by molar-refractivity contribution is 6.33. The van der Waals surface area contributed by atoms with Crippen molar-refractivity contribution in [2.75, 3.05) is 46.4 Å². The lowest BCUT2D eigenvalue weighted by atomic mass is 9.88. The number of halogens is 1. The Balaban J connectivity index is 1.42. The zero-order valence-electron chi connectivity index (χ0n) is 22.6. The summed E-state index contributed by atoms with van der Waals surface area (Å²) in [4.78, 5) is 47.2. The van der Waals surface area contributed by atoms with Crippen molar-refractivity contribution in [1.82, 2.24) is 29.9 Å². The van der Waals surface area contributed by atoms with E-state index in [2.05, 4.69) is 15.4 Å². The smallest absolute Gasteiger partial charge is 0.276 e. The summed E-state index contributed by atoms with van der Waals surface area (Å²) in [5.41, 5.74) is 1.23. The number of methoxy groups -OCH3 is 1. The van der Waals surface area contributed by atoms with E-state index in [1.165, 1.54) is 11.1 Å². The van der Waals surface area contributed by atoms with Crippen LogP contribution >= 0.6 is 11.6 Å². The van der Waals surface area contributed by atoms with Crippen LogP contribution in [0.15, 0.2) is 35.2 Å². The van der Waals surface area contributed by atoms with Gasteiger partial charge in [0.05, 0.1) is 24.6 Å². The molecule has 1 saturated heterocycles. The maximum atomic E-state index is 13.5. The Kier molecular flexibility index (Phi) is 7.97. The number of benzene rings is 1. The summed E-state index contributed by atoms with van der Waals surface area (Å²) in [5.74, 6) is -0.119. The molecule has 2 bridgehead atoms. The van der Waals surface area contributed by atoms with Crippen LogP contribution in [0.25, 0.3) is 0 Å². The van der Waals surface area contributed by atoms with Gasteiger partial charge in [0, 0.05) is 45.3 Å². The lowest BCUT2D eigenvalue weighted by Crippen LogP contribution is -2.39. The maximum Gasteiger partial charge on any atom is 0.276 e. The van der Waals surface area contributed by atoms with Crippen molar-refractivity contribution in [2.45, 2.75) is 19.3 Å². The van der Waals surface area contributed by atoms with E-state index in [1.807, 2.05) is 12.1 Å². The molecule has 2 atom stereocenters. The van der Waals surface area contributed by atoms with Gasteiger partial charge in [0.1, 0.15) is 12.4 Å². The van der Waals surface area contributed by atoms with E-state index in [0.717, 1.165) is 5.56 Å². The molecular formula is C27H31ClN6O6. The van der Waals surface area contributed by atoms with Crippen molar-refractivity contribution in [2.24, 2.45) is 13.0 Å². The molecule has 1 aromatic carbocycles. The van der Waals surface area contributed by atoms with Gasteiger partial charge in [-0.2, -0.15) is 5.10 Å². The summed E-state index contributed by atoms with van der Waals surface area (Å²) in [6, 6.07) is 5.51. The van der Waals surface area contributed by atoms with Crippen molar-refractivity contribution >= 4 is 29.3 Å². The van der Waals surface area contributed by atoms with Crippen LogP contribution in [-0.4, -0.2) is 88.7 Å². The third kappa shape index (κ3) is 5.48. The second kappa shape index (κ2) is 11.6. The van der Waals surface area contributed by atoms with Crippen molar-refractivity contribution in [3.8, 4) is 11.5 Å². The van der Waals surface area contributed by atoms with Gasteiger partial charge in [-0.05, 0) is 31.0 Å². The Morgan fingerprint density at radius 3 is 2.60 bits per heavy atom. The molecular weight excluding hydrogens is 540 g/mol. The van der Waals surface area contributed by atoms with Crippen LogP contribution in [0.1, 0.15) is 44.6 Å². The second-order valence-electron chi connectivity index (χ2n) is 9.88. The third-order valence-corrected chi connectivity index (χ3v) is 7.58. The minimum atomic E-state index is -0.508. The van der Waals surface area contributed by atoms with E-state index in [-0.39, 0.29) is 53.2 Å². The molecule has 13 heteroatoms. The number of hydrogen-bond donors (Lipinski definition) is 1. The number of rotatable bonds is 3. The molecule has 2 aromatic heterocycles. The minimum absolute atomic E-state index is 0.153. The van der Waals surface area contributed by atoms with Crippen molar-refractivity contribution in [3.63, 3.8) is 0 Å². The third-order valence-electron chi connectivity index (χ3n) is 7.30. The highest BCUT2D eigenvalue weighted by Crippen LogP contribution is 2.38. The molecule has 0 saturated carbocycles. The Bertz CT molecular complexity index is 1420. The first-order chi connectivity index (χ1) is 19.3. The molecule has 3 aromatic rings. The highest BCUT2D eigenvalue weighted by Gasteiger charge is 2.41. The number of hydrogen-bond acceptors (Lipinski definition) is 8. The number of ether oxygens (including phenoxy) is 2. The fourth-order valence-electron chi connectivity index (χ4n) is 5.22. The summed E-state index contributed by atoms with van der Waals surface area (Å²) in [6.45, 7) is 3.46. The number of likely N-dealkylation sites (tertiary alicyclic amines) is 1. The second-order valence-corrected chi connectivity index (χ2v) is 10.3. The predicted molar refractivity (Wildman–Crippen MR) is 144 cm³/mol. The molecule has 0 aliphatic carbocycles. The fraction of sp³-hybridized carbons (Fsp3) is 0.444. The molecule has 0 unspecified atom stereocenters. The molecule has 0 spiro atoms. The zero-order chi connectivity index (χ0) is 28.4. The van der Waals surface area contributed by atoms with Crippen LogP contribution in [-0.2, 0) is 11.8 Å². The van der Waals surface area contributed by atoms with E-state index >= 15 is 0 Å². The SMILES string of the molecule is COc1ccc2cc1OCCN(C(=O)c1ncoc1C)CCCNC(=O)[C@H]1CN(C(=O)c3nn(C)cc3Cl)C[C@H]21. The molecule has 3 amide bonds. The van der Waals surface area contributed by atoms with E-state index in [0.29, 0.717) is 49.9 Å². The number of nitrogens with one attached hydrogen (secondary N) is 1. The van der Waals surface area contributed by atoms with Crippen LogP contribution in [0.4, 0.5) is 0 Å². The molecule has 4 heterocycles. The van der Waals surface area contributed by atoms with Gasteiger partial charge in [-0.15, -0.1) is 0 Å². The Labute approximate surface area is 236 Å². The molecule has 12 nitrogen and oxygen atoms in total. The van der Waals surface area contributed by atoms with E-state index in [4.69, 9.17) is 25.5 Å². The van der Waals surface area contributed by atoms with Gasteiger partial charge in [-0.25, -0.2) is 4.98 Å². The molecule has 2 aliphatic heterocycles. The fourth-order valence-corrected chi connectivity index (χ4v) is 5.48. The average Bonchev–Trinajstić information content (AvgIpc) is 3.66. The molecule has 5 rings (SSSR count). The van der Waals surface area contributed by atoms with Crippen LogP contribution in [0.2, 0.25) is 5.02 Å². The van der Waals surface area contributed by atoms with Crippen molar-refractivity contribution in [3.05, 3.63) is 58.5 Å². The quantitative estimate of drug-likeness (QED) is 0.507. The predicted octanol–water partition coefficient (Wildman–Crippen LogP) is 2.28. The largest absolute Gasteiger partial charge is 0.493 e. The summed E-state index contributed by atoms with van der Waals surface area (Å²) in [7, 11) is 3.24. The number of aromatic nitrogens is 3. The number of carbonyl (C=O) groups excluding carboxylic acids is 3. The number of amides is 3. The van der Waals surface area contributed by atoms with Gasteiger partial charge < -0.3 is 29.0 Å². The van der Waals surface area contributed by atoms with Crippen LogP contribution in [0.5, 0.6) is 11.5 Å². The van der Waals surface area contributed by atoms with Crippen molar-refractivity contribution < 1.29 is 28.3 Å². The standard InChI is InChI=1S/C27H31ClN6O6/c1-16-23(30-15-40-16)26(36)33-8-4-7-29-25(35)19-13-34(27(37)24-20(28)14-32(2)31-24)12-18(19)17-5-6-21(38-3)22(11-17)39-10-9-33/h5-6,11,14-15,18-19H,4,7-10,12-13H2,1-3H3,(H,29,35)/t18-,19+/m1/s1. The first kappa shape index (κ1) is 27.5. The molecule has 1 fully saturated rings. The maximum absolute atomic E-state index is 13.5. The Morgan fingerprint density at radius 1 is 1.12 bits per heavy atom. The summed E-state index contributed by atoms with van der Waals surface area (Å²) >= 11 is 6.25. The van der Waals surface area contributed by atoms with Gasteiger partial charge >= 0.3 is 0 Å². The summed E-state index contributed by atoms with van der Waals surface area (Å²) < 4.78 is 18.3. The monoisotopic (exact) mass is 570 g/mol. The van der Waals surface area contributed by atoms with E-state index in [1.54, 1.807) is 43.1 Å². The van der Waals surface area contributed by atoms with Crippen LogP contribution in [0, 0.1) is 12.8 Å². The molecule has 1 N–H and O–H groups in total. The number of oxazole rings is 1. The summed E-state index contributed by atoms with van der Waals surface area (Å²) in [6.07, 6.45) is 3.33. The first-order valence-electron chi connectivity index (χ1n) is 13.0. The van der Waals surface area contributed by atoms with E-state index in [9.17, 15) is 14.4 Å². The van der Waals surface area contributed by atoms with Crippen LogP contribution in [0.3, 0.4) is 0 Å². The minimum Gasteiger partial charge on any atom is -0.493 e. The lowest BCUT2D eigenvalue weighted by Gasteiger charge is -2.24. The highest BCUT2D eigenvalue weighted by atomic mass is 35.5. The normalized spacial score (nSPS) is 19.9. The molecule has 212 valence electrons. The average molecular weight is 571 g/mol. The van der Waals surface area contributed by atoms with Gasteiger partial charge in [-0.3, -0.25) is 19.1 Å². The first-order valence-corrected chi connectivity index (χ1v) is 13.4. The van der Waals surface area contributed by atoms with E-state index < -0.39 is 5.92 Å². The van der Waals surface area contributed by atoms with Crippen LogP contribution < -0.4 is 14.8 Å². The van der Waals surface area contributed by atoms with Gasteiger partial charge in [-0.1, -0.05) is 17.7 Å². The Hall–Kier alpha value is -4.06. The lowest BCUT2D eigenvalue weighted by molar-refractivity contribution is -0.124. The topological polar surface area (TPSA) is 132 Å². The van der Waals surface area contributed by atoms with Gasteiger partial charge in [0.2, 0.25) is 5.91 Å². The number of fused-ring (bicyclic) bond motifs is 4. The van der Waals surface area contributed by atoms with Gasteiger partial charge in [0.15, 0.2) is 29.3 Å². The number of carbonyl (C=O) groups is 3. The van der Waals surface area contributed by atoms with Gasteiger partial charge in [0.25, 0.3) is 11.8 Å². The molecule has 40 heavy (non-hydrogen) atoms. The zero-order valence-corrected chi connectivity index (χ0v) is 23.3. The number of aryl methyl sites for hydroxylation is 2. The molecule has 2 aliphatic rings. The summed E-state index contributed by atoms with van der Waals surface area (Å²) in [5, 5.41) is 7.48. The molecule has 0 radical (unpaired) electrons. The Morgan fingerprint density at radius 2 is 1.90 bits per heavy atom. The van der Waals surface area contributed by atoms with Crippen molar-refractivity contribution in [1.29, 1.82) is 0 Å². The number of nitrogens with zero attached hydrogens (tertiary/aromatic N) is 5.